The summed E-state index contributed by atoms with van der Waals surface area (Å²) in [6, 6.07) is 0.190. The van der Waals surface area contributed by atoms with E-state index in [-0.39, 0.29) is 11.5 Å². The molecule has 0 spiro atoms. The van der Waals surface area contributed by atoms with Crippen LogP contribution in [0.25, 0.3) is 0 Å². The number of nitrogens with one attached hydrogen (secondary N) is 1. The van der Waals surface area contributed by atoms with Crippen LogP contribution in [0, 0.1) is 11.3 Å². The van der Waals surface area contributed by atoms with Gasteiger partial charge < -0.3 is 15.8 Å². The van der Waals surface area contributed by atoms with Gasteiger partial charge in [-0.25, -0.2) is 0 Å². The number of hydrogen-bond donors (Lipinski definition) is 2. The third-order valence-electron chi connectivity index (χ3n) is 3.54. The zero-order valence-electron chi connectivity index (χ0n) is 11.1. The van der Waals surface area contributed by atoms with Crippen molar-refractivity contribution < 1.29 is 4.74 Å². The number of rotatable bonds is 7. The highest BCUT2D eigenvalue weighted by Crippen LogP contribution is 2.25. The lowest BCUT2D eigenvalue weighted by molar-refractivity contribution is 0.158. The molecule has 16 heavy (non-hydrogen) atoms. The van der Waals surface area contributed by atoms with Crippen LogP contribution in [0.4, 0.5) is 0 Å². The van der Waals surface area contributed by atoms with Crippen molar-refractivity contribution in [1.29, 1.82) is 0 Å². The van der Waals surface area contributed by atoms with Gasteiger partial charge in [0.05, 0.1) is 13.2 Å². The highest BCUT2D eigenvalue weighted by atomic mass is 16.5. The van der Waals surface area contributed by atoms with Crippen LogP contribution < -0.4 is 11.1 Å². The third kappa shape index (κ3) is 4.40. The molecule has 3 nitrogen and oxygen atoms in total. The maximum absolute atomic E-state index is 6.03. The second kappa shape index (κ2) is 6.58. The van der Waals surface area contributed by atoms with Crippen LogP contribution in [-0.2, 0) is 4.74 Å². The molecule has 3 N–H and O–H groups in total. The maximum Gasteiger partial charge on any atom is 0.0624 e. The second-order valence-corrected chi connectivity index (χ2v) is 5.84. The topological polar surface area (TPSA) is 47.3 Å². The van der Waals surface area contributed by atoms with Crippen molar-refractivity contribution in [2.45, 2.75) is 46.1 Å². The smallest absolute Gasteiger partial charge is 0.0624 e. The lowest BCUT2D eigenvalue weighted by Gasteiger charge is -2.27. The van der Waals surface area contributed by atoms with E-state index in [2.05, 4.69) is 26.1 Å². The van der Waals surface area contributed by atoms with Gasteiger partial charge in [0.25, 0.3) is 0 Å². The largest absolute Gasteiger partial charge is 0.379 e. The highest BCUT2D eigenvalue weighted by Gasteiger charge is 2.36. The molecule has 1 rings (SSSR count). The van der Waals surface area contributed by atoms with Gasteiger partial charge in [-0.15, -0.1) is 0 Å². The first-order chi connectivity index (χ1) is 7.54. The minimum atomic E-state index is 0.137. The fourth-order valence-corrected chi connectivity index (χ4v) is 2.09. The van der Waals surface area contributed by atoms with Crippen LogP contribution in [0.5, 0.6) is 0 Å². The summed E-state index contributed by atoms with van der Waals surface area (Å²) in [5.74, 6) is 0.828. The van der Waals surface area contributed by atoms with Crippen molar-refractivity contribution in [1.82, 2.24) is 5.32 Å². The van der Waals surface area contributed by atoms with Crippen molar-refractivity contribution in [3.63, 3.8) is 0 Å². The Balaban J connectivity index is 2.02. The fraction of sp³-hybridized carbons (Fsp3) is 1.00. The molecule has 1 heterocycles. The average Bonchev–Trinajstić information content (AvgIpc) is 2.53. The van der Waals surface area contributed by atoms with Gasteiger partial charge in [-0.2, -0.15) is 0 Å². The van der Waals surface area contributed by atoms with Gasteiger partial charge in [-0.05, 0) is 18.9 Å². The van der Waals surface area contributed by atoms with Crippen LogP contribution >= 0.6 is 0 Å². The van der Waals surface area contributed by atoms with E-state index in [4.69, 9.17) is 10.5 Å². The Labute approximate surface area is 100 Å². The summed E-state index contributed by atoms with van der Waals surface area (Å²) >= 11 is 0. The molecule has 2 unspecified atom stereocenters. The first-order valence-electron chi connectivity index (χ1n) is 6.58. The molecule has 0 radical (unpaired) electrons. The van der Waals surface area contributed by atoms with Gasteiger partial charge in [-0.3, -0.25) is 0 Å². The summed E-state index contributed by atoms with van der Waals surface area (Å²) in [5, 5.41) is 3.51. The minimum Gasteiger partial charge on any atom is -0.379 e. The zero-order chi connectivity index (χ0) is 12.0. The summed E-state index contributed by atoms with van der Waals surface area (Å²) in [6.45, 7) is 10.4. The van der Waals surface area contributed by atoms with E-state index in [1.165, 1.54) is 19.3 Å². The molecule has 0 aliphatic carbocycles. The molecule has 1 aliphatic heterocycles. The normalized spacial score (nSPS) is 30.2. The van der Waals surface area contributed by atoms with E-state index >= 15 is 0 Å². The van der Waals surface area contributed by atoms with Gasteiger partial charge in [0.15, 0.2) is 0 Å². The molecule has 1 saturated heterocycles. The third-order valence-corrected chi connectivity index (χ3v) is 3.54. The highest BCUT2D eigenvalue weighted by molar-refractivity contribution is 4.91. The van der Waals surface area contributed by atoms with Gasteiger partial charge in [-0.1, -0.05) is 33.6 Å². The quantitative estimate of drug-likeness (QED) is 0.653. The van der Waals surface area contributed by atoms with E-state index in [0.717, 1.165) is 25.6 Å². The SMILES string of the molecule is CC(C)CCCCNCC1(C)COCC1N. The molecule has 0 aromatic carbocycles. The molecule has 0 bridgehead atoms. The van der Waals surface area contributed by atoms with Crippen LogP contribution in [0.3, 0.4) is 0 Å². The molecule has 0 saturated carbocycles. The van der Waals surface area contributed by atoms with Crippen molar-refractivity contribution >= 4 is 0 Å². The Morgan fingerprint density at radius 2 is 2.19 bits per heavy atom. The van der Waals surface area contributed by atoms with Crippen LogP contribution in [0.1, 0.15) is 40.0 Å². The van der Waals surface area contributed by atoms with Crippen LogP contribution in [0.2, 0.25) is 0 Å². The minimum absolute atomic E-state index is 0.137. The molecule has 0 amide bonds. The van der Waals surface area contributed by atoms with E-state index in [0.29, 0.717) is 6.61 Å². The lowest BCUT2D eigenvalue weighted by atomic mass is 9.86. The predicted molar refractivity (Wildman–Crippen MR) is 68.5 cm³/mol. The monoisotopic (exact) mass is 228 g/mol. The number of unbranched alkanes of at least 4 members (excludes halogenated alkanes) is 1. The van der Waals surface area contributed by atoms with Gasteiger partial charge >= 0.3 is 0 Å². The summed E-state index contributed by atoms with van der Waals surface area (Å²) < 4.78 is 5.42. The molecule has 3 heteroatoms. The standard InChI is InChI=1S/C13H28N2O/c1-11(2)6-4-5-7-15-9-13(3)10-16-8-12(13)14/h11-12,15H,4-10,14H2,1-3H3. The summed E-state index contributed by atoms with van der Waals surface area (Å²) in [7, 11) is 0. The Hall–Kier alpha value is -0.120. The van der Waals surface area contributed by atoms with Gasteiger partial charge in [0, 0.05) is 18.0 Å². The van der Waals surface area contributed by atoms with E-state index in [1.54, 1.807) is 0 Å². The molecule has 0 aromatic rings. The lowest BCUT2D eigenvalue weighted by Crippen LogP contribution is -2.45. The molecular weight excluding hydrogens is 200 g/mol. The Kier molecular flexibility index (Phi) is 5.73. The predicted octanol–water partition coefficient (Wildman–Crippen LogP) is 1.77. The molecule has 1 aliphatic rings. The molecular formula is C13H28N2O. The summed E-state index contributed by atoms with van der Waals surface area (Å²) in [6.07, 6.45) is 3.93. The molecule has 2 atom stereocenters. The Bertz CT molecular complexity index is 196. The summed E-state index contributed by atoms with van der Waals surface area (Å²) in [5.41, 5.74) is 6.17. The first kappa shape index (κ1) is 13.9. The Morgan fingerprint density at radius 3 is 2.75 bits per heavy atom. The number of nitrogens with two attached hydrogens (primary N) is 1. The molecule has 1 fully saturated rings. The van der Waals surface area contributed by atoms with E-state index in [1.807, 2.05) is 0 Å². The maximum atomic E-state index is 6.03. The van der Waals surface area contributed by atoms with Crippen molar-refractivity contribution in [2.75, 3.05) is 26.3 Å². The average molecular weight is 228 g/mol. The van der Waals surface area contributed by atoms with Crippen LogP contribution in [0.15, 0.2) is 0 Å². The van der Waals surface area contributed by atoms with Crippen molar-refractivity contribution in [3.05, 3.63) is 0 Å². The molecule has 96 valence electrons. The summed E-state index contributed by atoms with van der Waals surface area (Å²) in [4.78, 5) is 0. The van der Waals surface area contributed by atoms with E-state index < -0.39 is 0 Å². The van der Waals surface area contributed by atoms with Gasteiger partial charge in [0.1, 0.15) is 0 Å². The van der Waals surface area contributed by atoms with Gasteiger partial charge in [0.2, 0.25) is 0 Å². The first-order valence-corrected chi connectivity index (χ1v) is 6.58. The fourth-order valence-electron chi connectivity index (χ4n) is 2.09. The second-order valence-electron chi connectivity index (χ2n) is 5.84. The van der Waals surface area contributed by atoms with E-state index in [9.17, 15) is 0 Å². The van der Waals surface area contributed by atoms with Crippen molar-refractivity contribution in [3.8, 4) is 0 Å². The van der Waals surface area contributed by atoms with Crippen molar-refractivity contribution in [2.24, 2.45) is 17.1 Å². The van der Waals surface area contributed by atoms with Crippen LogP contribution in [-0.4, -0.2) is 32.3 Å². The number of hydrogen-bond acceptors (Lipinski definition) is 3. The molecule has 0 aromatic heterocycles. The zero-order valence-corrected chi connectivity index (χ0v) is 11.1. The number of ether oxygens (including phenoxy) is 1. The Morgan fingerprint density at radius 1 is 1.44 bits per heavy atom.